The van der Waals surface area contributed by atoms with E-state index in [0.29, 0.717) is 22.4 Å². The molecule has 1 atom stereocenters. The van der Waals surface area contributed by atoms with Gasteiger partial charge in [0.05, 0.1) is 33.0 Å². The lowest BCUT2D eigenvalue weighted by Crippen LogP contribution is -2.00. The third-order valence-corrected chi connectivity index (χ3v) is 5.70. The van der Waals surface area contributed by atoms with Gasteiger partial charge in [-0.1, -0.05) is 54.8 Å². The molecule has 4 nitrogen and oxygen atoms in total. The smallest absolute Gasteiger partial charge is 0.333 e. The van der Waals surface area contributed by atoms with Crippen molar-refractivity contribution in [3.63, 3.8) is 0 Å². The Bertz CT molecular complexity index is 1210. The van der Waals surface area contributed by atoms with Crippen molar-refractivity contribution < 1.29 is 18.1 Å². The highest BCUT2D eigenvalue weighted by atomic mass is 32.2. The molecule has 0 saturated heterocycles. The quantitative estimate of drug-likeness (QED) is 0.288. The lowest BCUT2D eigenvalue weighted by atomic mass is 10.1. The zero-order valence-electron chi connectivity index (χ0n) is 17.0. The predicted molar refractivity (Wildman–Crippen MR) is 118 cm³/mol. The number of ether oxygens (including phenoxy) is 1. The van der Waals surface area contributed by atoms with Crippen LogP contribution in [-0.2, 0) is 19.3 Å². The Morgan fingerprint density at radius 1 is 1.17 bits per heavy atom. The van der Waals surface area contributed by atoms with E-state index < -0.39 is 21.5 Å². The van der Waals surface area contributed by atoms with Crippen molar-refractivity contribution in [3.05, 3.63) is 95.9 Å². The molecular weight excluding hydrogens is 401 g/mol. The fourth-order valence-corrected chi connectivity index (χ4v) is 3.79. The van der Waals surface area contributed by atoms with Gasteiger partial charge in [-0.15, -0.1) is 0 Å². The van der Waals surface area contributed by atoms with Crippen LogP contribution in [-0.4, -0.2) is 23.5 Å². The Balaban J connectivity index is 2.46. The number of benzene rings is 2. The Morgan fingerprint density at radius 3 is 2.50 bits per heavy atom. The Kier molecular flexibility index (Phi) is 7.90. The van der Waals surface area contributed by atoms with Gasteiger partial charge < -0.3 is 4.74 Å². The van der Waals surface area contributed by atoms with Crippen LogP contribution < -0.4 is 0 Å². The van der Waals surface area contributed by atoms with Crippen LogP contribution in [0.1, 0.15) is 12.5 Å². The molecule has 154 valence electrons. The molecule has 0 saturated carbocycles. The summed E-state index contributed by atoms with van der Waals surface area (Å²) in [7, 11) is -1.70. The lowest BCUT2D eigenvalue weighted by molar-refractivity contribution is -0.136. The maximum absolute atomic E-state index is 14.1. The number of hydrogen-bond acceptors (Lipinski definition) is 4. The molecule has 0 bridgehead atoms. The number of nitrogens with zero attached hydrogens (tertiary/aromatic N) is 1. The fraction of sp³-hybridized carbons (Fsp3) is 0.125. The average Bonchev–Trinajstić information content (AvgIpc) is 2.74. The second-order valence-corrected chi connectivity index (χ2v) is 8.49. The Morgan fingerprint density at radius 2 is 1.83 bits per heavy atom. The first-order valence-electron chi connectivity index (χ1n) is 8.95. The highest BCUT2D eigenvalue weighted by Crippen LogP contribution is 2.24. The highest BCUT2D eigenvalue weighted by molar-refractivity contribution is 7.93. The molecule has 0 aliphatic carbocycles. The number of rotatable bonds is 5. The summed E-state index contributed by atoms with van der Waals surface area (Å²) in [6.45, 7) is 5.35. The largest absolute Gasteiger partial charge is 0.466 e. The Hall–Kier alpha value is -3.43. The first-order chi connectivity index (χ1) is 14.3. The van der Waals surface area contributed by atoms with Crippen molar-refractivity contribution in [1.82, 2.24) is 0 Å². The molecule has 30 heavy (non-hydrogen) atoms. The van der Waals surface area contributed by atoms with Crippen molar-refractivity contribution >= 4 is 21.4 Å². The summed E-state index contributed by atoms with van der Waals surface area (Å²) < 4.78 is 36.1. The van der Waals surface area contributed by atoms with Gasteiger partial charge in [-0.2, -0.15) is 4.36 Å². The van der Waals surface area contributed by atoms with Crippen LogP contribution in [0.4, 0.5) is 10.1 Å². The third kappa shape index (κ3) is 6.03. The minimum atomic E-state index is -3.01. The SMILES string of the molecule is C=C/C(C#Cc1ccccc1N=S(C)(=O)c1ccccc1F)=C\C=C(/C)C(=O)OC. The second kappa shape index (κ2) is 10.4. The number of carbonyl (C=O) groups excluding carboxylic acids is 1. The van der Waals surface area contributed by atoms with Crippen molar-refractivity contribution in [2.45, 2.75) is 11.8 Å². The molecule has 2 rings (SSSR count). The molecular formula is C24H22FNO3S. The van der Waals surface area contributed by atoms with E-state index in [4.69, 9.17) is 0 Å². The number of carbonyl (C=O) groups is 1. The molecule has 0 aromatic heterocycles. The van der Waals surface area contributed by atoms with Gasteiger partial charge in [0.25, 0.3) is 0 Å². The van der Waals surface area contributed by atoms with E-state index in [-0.39, 0.29) is 4.90 Å². The molecule has 0 amide bonds. The van der Waals surface area contributed by atoms with E-state index in [1.165, 1.54) is 31.6 Å². The topological polar surface area (TPSA) is 55.7 Å². The molecule has 0 aliphatic heterocycles. The number of esters is 1. The van der Waals surface area contributed by atoms with Crippen LogP contribution in [0.5, 0.6) is 0 Å². The van der Waals surface area contributed by atoms with Gasteiger partial charge in [0.2, 0.25) is 0 Å². The third-order valence-electron chi connectivity index (χ3n) is 4.00. The summed E-state index contributed by atoms with van der Waals surface area (Å²) in [5.41, 5.74) is 1.92. The van der Waals surface area contributed by atoms with E-state index in [9.17, 15) is 13.4 Å². The lowest BCUT2D eigenvalue weighted by Gasteiger charge is -2.06. The van der Waals surface area contributed by atoms with E-state index in [1.807, 2.05) is 0 Å². The average molecular weight is 424 g/mol. The molecule has 2 aromatic rings. The van der Waals surface area contributed by atoms with Crippen LogP contribution in [0.25, 0.3) is 0 Å². The van der Waals surface area contributed by atoms with Gasteiger partial charge in [0.1, 0.15) is 5.82 Å². The molecule has 0 aliphatic rings. The molecule has 2 aromatic carbocycles. The van der Waals surface area contributed by atoms with Gasteiger partial charge >= 0.3 is 5.97 Å². The van der Waals surface area contributed by atoms with Crippen molar-refractivity contribution in [1.29, 1.82) is 0 Å². The van der Waals surface area contributed by atoms with Crippen LogP contribution in [0.15, 0.2) is 93.7 Å². The zero-order chi connectivity index (χ0) is 22.1. The molecule has 0 N–H and O–H groups in total. The summed E-state index contributed by atoms with van der Waals surface area (Å²) >= 11 is 0. The predicted octanol–water partition coefficient (Wildman–Crippen LogP) is 5.20. The van der Waals surface area contributed by atoms with Crippen molar-refractivity contribution in [2.24, 2.45) is 4.36 Å². The molecule has 0 fully saturated rings. The maximum Gasteiger partial charge on any atom is 0.333 e. The first-order valence-corrected chi connectivity index (χ1v) is 10.9. The number of allylic oxidation sites excluding steroid dienone is 4. The normalized spacial score (nSPS) is 13.5. The molecule has 6 heteroatoms. The number of halogens is 1. The minimum absolute atomic E-state index is 0.0443. The standard InChI is InChI=1S/C24H22FNO3S/c1-5-19(15-14-18(2)24(27)29-3)16-17-20-10-6-8-12-22(20)26-30(4,28)23-13-9-7-11-21(23)25/h5-15H,1H2,2-4H3/b18-14+,19-15+. The summed E-state index contributed by atoms with van der Waals surface area (Å²) in [6.07, 6.45) is 6.18. The molecule has 0 heterocycles. The van der Waals surface area contributed by atoms with E-state index in [2.05, 4.69) is 27.5 Å². The van der Waals surface area contributed by atoms with Crippen molar-refractivity contribution in [3.8, 4) is 11.8 Å². The van der Waals surface area contributed by atoms with Gasteiger partial charge in [-0.05, 0) is 37.3 Å². The van der Waals surface area contributed by atoms with E-state index in [0.717, 1.165) is 0 Å². The van der Waals surface area contributed by atoms with Crippen LogP contribution >= 0.6 is 0 Å². The van der Waals surface area contributed by atoms with Gasteiger partial charge in [-0.3, -0.25) is 0 Å². The Labute approximate surface area is 177 Å². The first kappa shape index (κ1) is 22.9. The molecule has 1 unspecified atom stereocenters. The summed E-state index contributed by atoms with van der Waals surface area (Å²) in [5, 5.41) is 0. The van der Waals surface area contributed by atoms with Gasteiger partial charge in [0, 0.05) is 17.4 Å². The zero-order valence-corrected chi connectivity index (χ0v) is 17.8. The van der Waals surface area contributed by atoms with Gasteiger partial charge in [0.15, 0.2) is 0 Å². The number of methoxy groups -OCH3 is 1. The van der Waals surface area contributed by atoms with Crippen molar-refractivity contribution in [2.75, 3.05) is 13.4 Å². The van der Waals surface area contributed by atoms with Gasteiger partial charge in [-0.25, -0.2) is 13.4 Å². The number of hydrogen-bond donors (Lipinski definition) is 0. The van der Waals surface area contributed by atoms with E-state index in [1.54, 1.807) is 55.5 Å². The maximum atomic E-state index is 14.1. The summed E-state index contributed by atoms with van der Waals surface area (Å²) in [5.74, 6) is 4.92. The summed E-state index contributed by atoms with van der Waals surface area (Å²) in [4.78, 5) is 11.5. The van der Waals surface area contributed by atoms with Crippen LogP contribution in [0.3, 0.4) is 0 Å². The highest BCUT2D eigenvalue weighted by Gasteiger charge is 2.12. The van der Waals surface area contributed by atoms with Crippen LogP contribution in [0, 0.1) is 17.7 Å². The minimum Gasteiger partial charge on any atom is -0.466 e. The van der Waals surface area contributed by atoms with E-state index >= 15 is 0 Å². The summed E-state index contributed by atoms with van der Waals surface area (Å²) in [6, 6.07) is 12.8. The molecule has 0 spiro atoms. The van der Waals surface area contributed by atoms with Crippen LogP contribution in [0.2, 0.25) is 0 Å². The fourth-order valence-electron chi connectivity index (χ4n) is 2.39. The second-order valence-electron chi connectivity index (χ2n) is 6.26. The molecule has 0 radical (unpaired) electrons. The monoisotopic (exact) mass is 423 g/mol.